The summed E-state index contributed by atoms with van der Waals surface area (Å²) in [6.45, 7) is 0.234. The van der Waals surface area contributed by atoms with E-state index in [0.29, 0.717) is 16.5 Å². The average molecular weight is 456 g/mol. The second-order valence-corrected chi connectivity index (χ2v) is 8.13. The maximum Gasteiger partial charge on any atom is 0.240 e. The molecule has 2 aromatic carbocycles. The van der Waals surface area contributed by atoms with Crippen molar-refractivity contribution >= 4 is 55.8 Å². The summed E-state index contributed by atoms with van der Waals surface area (Å²) in [5.74, 6) is 0. The monoisotopic (exact) mass is 455 g/mol. The van der Waals surface area contributed by atoms with Crippen LogP contribution in [0, 0.1) is 3.57 Å². The molecule has 2 rings (SSSR count). The topological polar surface area (TPSA) is 46.2 Å². The smallest absolute Gasteiger partial charge is 0.211 e. The zero-order chi connectivity index (χ0) is 15.5. The van der Waals surface area contributed by atoms with Crippen molar-refractivity contribution in [3.05, 3.63) is 61.6 Å². The fraction of sp³-hybridized carbons (Fsp3) is 0.143. The van der Waals surface area contributed by atoms with E-state index in [-0.39, 0.29) is 11.4 Å². The van der Waals surface area contributed by atoms with Crippen LogP contribution in [0.3, 0.4) is 0 Å². The summed E-state index contributed by atoms with van der Waals surface area (Å²) >= 11 is 14.2. The highest BCUT2D eigenvalue weighted by Crippen LogP contribution is 2.24. The molecule has 0 heterocycles. The number of sulfonamides is 1. The van der Waals surface area contributed by atoms with Crippen molar-refractivity contribution in [3.63, 3.8) is 0 Å². The molecular weight excluding hydrogens is 444 g/mol. The van der Waals surface area contributed by atoms with Gasteiger partial charge in [0, 0.05) is 20.2 Å². The summed E-state index contributed by atoms with van der Waals surface area (Å²) in [5.41, 5.74) is 0.742. The van der Waals surface area contributed by atoms with E-state index in [4.69, 9.17) is 23.2 Å². The second-order valence-electron chi connectivity index (χ2n) is 4.30. The molecule has 0 saturated heterocycles. The molecule has 21 heavy (non-hydrogen) atoms. The lowest BCUT2D eigenvalue weighted by molar-refractivity contribution is 0.581. The van der Waals surface area contributed by atoms with Crippen molar-refractivity contribution in [3.8, 4) is 0 Å². The molecule has 7 heteroatoms. The fourth-order valence-electron chi connectivity index (χ4n) is 1.78. The lowest BCUT2D eigenvalue weighted by Gasteiger charge is -2.09. The van der Waals surface area contributed by atoms with Crippen molar-refractivity contribution in [1.82, 2.24) is 4.72 Å². The lowest BCUT2D eigenvalue weighted by atomic mass is 10.1. The van der Waals surface area contributed by atoms with Crippen molar-refractivity contribution in [1.29, 1.82) is 0 Å². The number of benzene rings is 2. The van der Waals surface area contributed by atoms with E-state index in [0.717, 1.165) is 9.13 Å². The third-order valence-electron chi connectivity index (χ3n) is 2.85. The van der Waals surface area contributed by atoms with Gasteiger partial charge in [0.1, 0.15) is 0 Å². The molecule has 112 valence electrons. The van der Waals surface area contributed by atoms with Crippen LogP contribution in [0.1, 0.15) is 5.56 Å². The molecule has 0 radical (unpaired) electrons. The Kier molecular flexibility index (Phi) is 5.90. The van der Waals surface area contributed by atoms with Crippen LogP contribution in [0.15, 0.2) is 47.4 Å². The van der Waals surface area contributed by atoms with Crippen LogP contribution in [-0.2, 0) is 16.4 Å². The fourth-order valence-corrected chi connectivity index (χ4v) is 3.76. The summed E-state index contributed by atoms with van der Waals surface area (Å²) in [7, 11) is -3.51. The minimum atomic E-state index is -3.51. The Morgan fingerprint density at radius 1 is 1.00 bits per heavy atom. The average Bonchev–Trinajstić information content (AvgIpc) is 2.42. The summed E-state index contributed by atoms with van der Waals surface area (Å²) in [5, 5.41) is 1.08. The number of hydrogen-bond acceptors (Lipinski definition) is 2. The van der Waals surface area contributed by atoms with Crippen LogP contribution >= 0.6 is 45.8 Å². The summed E-state index contributed by atoms with van der Waals surface area (Å²) in [6.07, 6.45) is 0.433. The molecular formula is C14H12Cl2INO2S. The Balaban J connectivity index is 2.04. The molecule has 0 aliphatic rings. The van der Waals surface area contributed by atoms with Crippen LogP contribution in [0.2, 0.25) is 10.0 Å². The zero-order valence-electron chi connectivity index (χ0n) is 10.8. The van der Waals surface area contributed by atoms with Gasteiger partial charge in [-0.05, 0) is 71.0 Å². The number of hydrogen-bond donors (Lipinski definition) is 1. The van der Waals surface area contributed by atoms with Gasteiger partial charge in [-0.3, -0.25) is 0 Å². The van der Waals surface area contributed by atoms with E-state index in [2.05, 4.69) is 27.3 Å². The summed E-state index contributed by atoms with van der Waals surface area (Å²) in [6, 6.07) is 11.9. The molecule has 0 aromatic heterocycles. The van der Waals surface area contributed by atoms with Crippen molar-refractivity contribution in [2.24, 2.45) is 0 Å². The van der Waals surface area contributed by atoms with Gasteiger partial charge in [0.25, 0.3) is 0 Å². The Bertz CT molecular complexity index is 713. The van der Waals surface area contributed by atoms with E-state index < -0.39 is 10.0 Å². The van der Waals surface area contributed by atoms with E-state index in [1.807, 2.05) is 0 Å². The van der Waals surface area contributed by atoms with Crippen LogP contribution in [0.5, 0.6) is 0 Å². The van der Waals surface area contributed by atoms with Gasteiger partial charge in [-0.25, -0.2) is 13.1 Å². The Hall–Kier alpha value is -0.340. The van der Waals surface area contributed by atoms with Gasteiger partial charge in [-0.1, -0.05) is 29.3 Å². The van der Waals surface area contributed by atoms with Gasteiger partial charge < -0.3 is 0 Å². The predicted octanol–water partition coefficient (Wildman–Crippen LogP) is 4.12. The third kappa shape index (κ3) is 4.56. The molecule has 3 nitrogen and oxygen atoms in total. The van der Waals surface area contributed by atoms with Crippen LogP contribution < -0.4 is 4.72 Å². The highest BCUT2D eigenvalue weighted by atomic mass is 127. The molecule has 0 bridgehead atoms. The Labute approximate surface area is 147 Å². The highest BCUT2D eigenvalue weighted by Gasteiger charge is 2.14. The molecule has 0 amide bonds. The minimum Gasteiger partial charge on any atom is -0.211 e. The molecule has 1 N–H and O–H groups in total. The van der Waals surface area contributed by atoms with Crippen LogP contribution in [-0.4, -0.2) is 15.0 Å². The van der Waals surface area contributed by atoms with Crippen molar-refractivity contribution in [2.75, 3.05) is 6.54 Å². The Morgan fingerprint density at radius 2 is 1.57 bits per heavy atom. The summed E-state index contributed by atoms with van der Waals surface area (Å²) in [4.78, 5) is 0.244. The molecule has 0 atom stereocenters. The van der Waals surface area contributed by atoms with Crippen molar-refractivity contribution < 1.29 is 8.42 Å². The van der Waals surface area contributed by atoms with E-state index >= 15 is 0 Å². The van der Waals surface area contributed by atoms with E-state index in [9.17, 15) is 8.42 Å². The van der Waals surface area contributed by atoms with Gasteiger partial charge in [-0.15, -0.1) is 0 Å². The first-order valence-corrected chi connectivity index (χ1v) is 9.40. The number of rotatable bonds is 5. The quantitative estimate of drug-likeness (QED) is 0.689. The zero-order valence-corrected chi connectivity index (χ0v) is 15.3. The summed E-state index contributed by atoms with van der Waals surface area (Å²) < 4.78 is 27.8. The molecule has 0 fully saturated rings. The normalized spacial score (nSPS) is 11.6. The van der Waals surface area contributed by atoms with Gasteiger partial charge in [0.2, 0.25) is 10.0 Å². The van der Waals surface area contributed by atoms with Crippen LogP contribution in [0.4, 0.5) is 0 Å². The molecule has 0 spiro atoms. The molecule has 0 aliphatic carbocycles. The van der Waals surface area contributed by atoms with E-state index in [1.54, 1.807) is 42.5 Å². The van der Waals surface area contributed by atoms with E-state index in [1.165, 1.54) is 0 Å². The van der Waals surface area contributed by atoms with Gasteiger partial charge in [-0.2, -0.15) is 0 Å². The minimum absolute atomic E-state index is 0.234. The largest absolute Gasteiger partial charge is 0.240 e. The molecule has 0 unspecified atom stereocenters. The standard InChI is InChI=1S/C14H12Cl2INO2S/c15-13-2-1-3-14(16)12(13)8-9-18-21(19,20)11-6-4-10(17)5-7-11/h1-7,18H,8-9H2. The van der Waals surface area contributed by atoms with Gasteiger partial charge in [0.05, 0.1) is 4.90 Å². The van der Waals surface area contributed by atoms with Gasteiger partial charge >= 0.3 is 0 Å². The SMILES string of the molecule is O=S(=O)(NCCc1c(Cl)cccc1Cl)c1ccc(I)cc1. The van der Waals surface area contributed by atoms with Gasteiger partial charge in [0.15, 0.2) is 0 Å². The maximum absolute atomic E-state index is 12.1. The maximum atomic E-state index is 12.1. The molecule has 0 aliphatic heterocycles. The molecule has 0 saturated carbocycles. The molecule has 2 aromatic rings. The van der Waals surface area contributed by atoms with Crippen molar-refractivity contribution in [2.45, 2.75) is 11.3 Å². The third-order valence-corrected chi connectivity index (χ3v) is 5.76. The lowest BCUT2D eigenvalue weighted by Crippen LogP contribution is -2.26. The van der Waals surface area contributed by atoms with Crippen LogP contribution in [0.25, 0.3) is 0 Å². The number of nitrogens with one attached hydrogen (secondary N) is 1. The second kappa shape index (κ2) is 7.28. The first-order chi connectivity index (χ1) is 9.90. The first-order valence-electron chi connectivity index (χ1n) is 6.08. The first kappa shape index (κ1) is 17.0. The Morgan fingerprint density at radius 3 is 2.14 bits per heavy atom. The highest BCUT2D eigenvalue weighted by molar-refractivity contribution is 14.1. The number of halogens is 3. The predicted molar refractivity (Wildman–Crippen MR) is 94.5 cm³/mol.